The van der Waals surface area contributed by atoms with Crippen molar-refractivity contribution in [3.63, 3.8) is 0 Å². The van der Waals surface area contributed by atoms with Gasteiger partial charge in [-0.25, -0.2) is 0 Å². The number of benzene rings is 4. The summed E-state index contributed by atoms with van der Waals surface area (Å²) >= 11 is 0. The fraction of sp³-hybridized carbons (Fsp3) is 0.111. The topological polar surface area (TPSA) is 101 Å². The average Bonchev–Trinajstić information content (AvgIpc) is 3.10. The second-order valence-electron chi connectivity index (χ2n) is 8.16. The Labute approximate surface area is 191 Å². The molecule has 0 unspecified atom stereocenters. The van der Waals surface area contributed by atoms with Gasteiger partial charge >= 0.3 is 0 Å². The van der Waals surface area contributed by atoms with Crippen LogP contribution >= 0.6 is 0 Å². The number of hydrogen-bond acceptors (Lipinski definition) is 4. The van der Waals surface area contributed by atoms with Gasteiger partial charge in [-0.3, -0.25) is 9.59 Å². The summed E-state index contributed by atoms with van der Waals surface area (Å²) in [5.41, 5.74) is 16.5. The highest BCUT2D eigenvalue weighted by molar-refractivity contribution is 6.25. The Morgan fingerprint density at radius 1 is 0.909 bits per heavy atom. The molecule has 0 saturated heterocycles. The summed E-state index contributed by atoms with van der Waals surface area (Å²) in [4.78, 5) is 26.3. The van der Waals surface area contributed by atoms with Crippen LogP contribution in [-0.4, -0.2) is 24.9 Å². The summed E-state index contributed by atoms with van der Waals surface area (Å²) in [6, 6.07) is 25.2. The number of nitrogens with one attached hydrogen (secondary N) is 1. The van der Waals surface area contributed by atoms with E-state index in [1.165, 1.54) is 0 Å². The minimum Gasteiger partial charge on any atom is -0.398 e. The van der Waals surface area contributed by atoms with Crippen molar-refractivity contribution in [2.24, 2.45) is 5.73 Å². The van der Waals surface area contributed by atoms with Gasteiger partial charge in [-0.2, -0.15) is 0 Å². The molecule has 4 aromatic rings. The predicted molar refractivity (Wildman–Crippen MR) is 134 cm³/mol. The number of amides is 2. The van der Waals surface area contributed by atoms with Crippen molar-refractivity contribution in [2.45, 2.75) is 6.42 Å². The molecule has 0 radical (unpaired) electrons. The van der Waals surface area contributed by atoms with Crippen LogP contribution in [-0.2, 0) is 0 Å². The van der Waals surface area contributed by atoms with Gasteiger partial charge in [-0.15, -0.1) is 0 Å². The Morgan fingerprint density at radius 3 is 2.39 bits per heavy atom. The van der Waals surface area contributed by atoms with Crippen molar-refractivity contribution < 1.29 is 9.59 Å². The molecule has 33 heavy (non-hydrogen) atoms. The van der Waals surface area contributed by atoms with Gasteiger partial charge in [0.1, 0.15) is 0 Å². The molecule has 0 aliphatic carbocycles. The summed E-state index contributed by atoms with van der Waals surface area (Å²) < 4.78 is 0. The number of hydrogen-bond donors (Lipinski definition) is 3. The molecule has 0 atom stereocenters. The van der Waals surface area contributed by atoms with Gasteiger partial charge in [0.2, 0.25) is 0 Å². The van der Waals surface area contributed by atoms with Crippen molar-refractivity contribution in [1.29, 1.82) is 0 Å². The zero-order chi connectivity index (χ0) is 22.9. The Kier molecular flexibility index (Phi) is 5.18. The van der Waals surface area contributed by atoms with E-state index >= 15 is 0 Å². The third kappa shape index (κ3) is 3.76. The van der Waals surface area contributed by atoms with Gasteiger partial charge in [0.25, 0.3) is 11.8 Å². The normalized spacial score (nSPS) is 12.4. The molecule has 2 amide bonds. The second-order valence-corrected chi connectivity index (χ2v) is 8.16. The minimum absolute atomic E-state index is 0.0741. The molecule has 6 heteroatoms. The summed E-state index contributed by atoms with van der Waals surface area (Å²) in [6.45, 7) is 1.39. The van der Waals surface area contributed by atoms with E-state index in [0.29, 0.717) is 17.8 Å². The molecule has 1 aliphatic heterocycles. The summed E-state index contributed by atoms with van der Waals surface area (Å²) in [5, 5.41) is 5.57. The molecular formula is C27H24N4O2. The highest BCUT2D eigenvalue weighted by Gasteiger charge is 2.28. The SMILES string of the molecule is NC(=O)c1cc(-c2ccc(NCCCN3C(=O)c4cccc5cccc3c45)cc2)ccc1N. The number of primary amides is 1. The molecule has 1 aliphatic rings. The van der Waals surface area contributed by atoms with Crippen LogP contribution in [0.4, 0.5) is 17.1 Å². The molecule has 0 bridgehead atoms. The van der Waals surface area contributed by atoms with Crippen LogP contribution in [0.5, 0.6) is 0 Å². The van der Waals surface area contributed by atoms with E-state index in [2.05, 4.69) is 5.32 Å². The van der Waals surface area contributed by atoms with Crippen LogP contribution in [0.15, 0.2) is 78.9 Å². The van der Waals surface area contributed by atoms with E-state index < -0.39 is 5.91 Å². The van der Waals surface area contributed by atoms with E-state index in [-0.39, 0.29) is 5.91 Å². The lowest BCUT2D eigenvalue weighted by molar-refractivity contribution is 0.0988. The van der Waals surface area contributed by atoms with Crippen LogP contribution in [0.1, 0.15) is 27.1 Å². The number of carbonyl (C=O) groups is 2. The van der Waals surface area contributed by atoms with E-state index in [1.807, 2.05) is 71.6 Å². The Hall–Kier alpha value is -4.32. The molecule has 0 fully saturated rings. The van der Waals surface area contributed by atoms with Crippen LogP contribution < -0.4 is 21.7 Å². The Bertz CT molecular complexity index is 1370. The highest BCUT2D eigenvalue weighted by atomic mass is 16.2. The number of nitrogens with two attached hydrogens (primary N) is 2. The maximum atomic E-state index is 12.9. The van der Waals surface area contributed by atoms with Gasteiger partial charge in [0, 0.05) is 35.4 Å². The minimum atomic E-state index is -0.538. The van der Waals surface area contributed by atoms with E-state index in [4.69, 9.17) is 11.5 Å². The van der Waals surface area contributed by atoms with Crippen molar-refractivity contribution in [3.8, 4) is 11.1 Å². The first-order valence-corrected chi connectivity index (χ1v) is 10.9. The summed E-state index contributed by atoms with van der Waals surface area (Å²) in [6.07, 6.45) is 0.817. The molecule has 0 spiro atoms. The number of anilines is 3. The largest absolute Gasteiger partial charge is 0.398 e. The number of nitrogens with zero attached hydrogens (tertiary/aromatic N) is 1. The Morgan fingerprint density at radius 2 is 1.64 bits per heavy atom. The molecule has 0 saturated carbocycles. The maximum Gasteiger partial charge on any atom is 0.258 e. The number of carbonyl (C=O) groups excluding carboxylic acids is 2. The Balaban J connectivity index is 1.21. The van der Waals surface area contributed by atoms with Crippen molar-refractivity contribution in [3.05, 3.63) is 90.0 Å². The van der Waals surface area contributed by atoms with Crippen molar-refractivity contribution >= 4 is 39.6 Å². The zero-order valence-electron chi connectivity index (χ0n) is 18.0. The molecular weight excluding hydrogens is 412 g/mol. The fourth-order valence-corrected chi connectivity index (χ4v) is 4.40. The van der Waals surface area contributed by atoms with Gasteiger partial charge in [0.05, 0.1) is 11.3 Å². The van der Waals surface area contributed by atoms with Crippen LogP contribution in [0.2, 0.25) is 0 Å². The van der Waals surface area contributed by atoms with Crippen LogP contribution in [0.3, 0.4) is 0 Å². The number of nitrogen functional groups attached to an aromatic ring is 1. The predicted octanol–water partition coefficient (Wildman–Crippen LogP) is 4.65. The molecule has 0 aromatic heterocycles. The molecule has 1 heterocycles. The van der Waals surface area contributed by atoms with Gasteiger partial charge in [-0.05, 0) is 59.3 Å². The third-order valence-electron chi connectivity index (χ3n) is 6.07. The first-order valence-electron chi connectivity index (χ1n) is 10.9. The molecule has 5 rings (SSSR count). The monoisotopic (exact) mass is 436 g/mol. The summed E-state index contributed by atoms with van der Waals surface area (Å²) in [7, 11) is 0. The number of rotatable bonds is 7. The smallest absolute Gasteiger partial charge is 0.258 e. The standard InChI is InChI=1S/C27H24N4O2/c28-23-13-10-19(16-22(23)26(29)32)17-8-11-20(12-9-17)30-14-3-15-31-24-7-2-5-18-4-1-6-21(25(18)24)27(31)33/h1-2,4-13,16,30H,3,14-15,28H2,(H2,29,32). The average molecular weight is 437 g/mol. The van der Waals surface area contributed by atoms with Gasteiger partial charge in [0.15, 0.2) is 0 Å². The molecule has 6 nitrogen and oxygen atoms in total. The van der Waals surface area contributed by atoms with Crippen molar-refractivity contribution in [1.82, 2.24) is 0 Å². The molecule has 5 N–H and O–H groups in total. The lowest BCUT2D eigenvalue weighted by Gasteiger charge is -2.18. The molecule has 4 aromatic carbocycles. The fourth-order valence-electron chi connectivity index (χ4n) is 4.40. The lowest BCUT2D eigenvalue weighted by atomic mass is 10.0. The first kappa shape index (κ1) is 20.6. The highest BCUT2D eigenvalue weighted by Crippen LogP contribution is 2.37. The van der Waals surface area contributed by atoms with Gasteiger partial charge < -0.3 is 21.7 Å². The van der Waals surface area contributed by atoms with E-state index in [9.17, 15) is 9.59 Å². The third-order valence-corrected chi connectivity index (χ3v) is 6.07. The zero-order valence-corrected chi connectivity index (χ0v) is 18.0. The maximum absolute atomic E-state index is 12.9. The van der Waals surface area contributed by atoms with Gasteiger partial charge in [-0.1, -0.05) is 42.5 Å². The van der Waals surface area contributed by atoms with Crippen LogP contribution in [0, 0.1) is 0 Å². The first-order chi connectivity index (χ1) is 16.0. The van der Waals surface area contributed by atoms with Crippen LogP contribution in [0.25, 0.3) is 21.9 Å². The molecule has 164 valence electrons. The lowest BCUT2D eigenvalue weighted by Crippen LogP contribution is -2.29. The van der Waals surface area contributed by atoms with E-state index in [1.54, 1.807) is 12.1 Å². The van der Waals surface area contributed by atoms with Crippen molar-refractivity contribution in [2.75, 3.05) is 29.0 Å². The van der Waals surface area contributed by atoms with E-state index in [0.717, 1.165) is 51.8 Å². The quantitative estimate of drug-likeness (QED) is 0.290. The summed E-state index contributed by atoms with van der Waals surface area (Å²) in [5.74, 6) is -0.464. The second kappa shape index (κ2) is 8.31.